The smallest absolute Gasteiger partial charge is 0.365 e. The van der Waals surface area contributed by atoms with Gasteiger partial charge in [-0.15, -0.1) is 0 Å². The van der Waals surface area contributed by atoms with Crippen LogP contribution in [-0.4, -0.2) is 58.3 Å². The Bertz CT molecular complexity index is 1010. The first kappa shape index (κ1) is 20.1. The van der Waals surface area contributed by atoms with Gasteiger partial charge in [-0.25, -0.2) is 9.97 Å². The van der Waals surface area contributed by atoms with Gasteiger partial charge >= 0.3 is 6.18 Å². The molecular weight excluding hydrogens is 395 g/mol. The number of nitrogens with one attached hydrogen (secondary N) is 2. The van der Waals surface area contributed by atoms with Crippen molar-refractivity contribution < 1.29 is 13.2 Å². The fourth-order valence-corrected chi connectivity index (χ4v) is 3.30. The summed E-state index contributed by atoms with van der Waals surface area (Å²) in [7, 11) is 2.08. The van der Waals surface area contributed by atoms with E-state index < -0.39 is 11.7 Å². The van der Waals surface area contributed by atoms with Crippen LogP contribution in [0.5, 0.6) is 0 Å². The van der Waals surface area contributed by atoms with Crippen molar-refractivity contribution in [1.82, 2.24) is 25.1 Å². The van der Waals surface area contributed by atoms with E-state index in [0.717, 1.165) is 49.7 Å². The van der Waals surface area contributed by atoms with Crippen LogP contribution in [0.1, 0.15) is 11.3 Å². The molecule has 0 aliphatic carbocycles. The lowest BCUT2D eigenvalue weighted by Crippen LogP contribution is -2.44. The molecule has 158 valence electrons. The molecule has 0 radical (unpaired) electrons. The van der Waals surface area contributed by atoms with E-state index in [1.807, 2.05) is 13.0 Å². The SMILES string of the molecule is Cc1cc(Nc2nc(-c3ccc(C(F)(F)F)cc3)ncc2N2CCN(C)CC2)n[nH]1. The molecule has 0 unspecified atom stereocenters. The topological polar surface area (TPSA) is 73.0 Å². The van der Waals surface area contributed by atoms with Gasteiger partial charge in [-0.3, -0.25) is 5.10 Å². The molecular formula is C20H22F3N7. The van der Waals surface area contributed by atoms with Crippen molar-refractivity contribution in [2.45, 2.75) is 13.1 Å². The van der Waals surface area contributed by atoms with Gasteiger partial charge in [0, 0.05) is 43.5 Å². The second-order valence-corrected chi connectivity index (χ2v) is 7.35. The van der Waals surface area contributed by atoms with E-state index in [1.54, 1.807) is 6.20 Å². The molecule has 30 heavy (non-hydrogen) atoms. The largest absolute Gasteiger partial charge is 0.416 e. The second-order valence-electron chi connectivity index (χ2n) is 7.35. The van der Waals surface area contributed by atoms with Crippen LogP contribution in [-0.2, 0) is 6.18 Å². The van der Waals surface area contributed by atoms with Crippen LogP contribution in [0.4, 0.5) is 30.5 Å². The van der Waals surface area contributed by atoms with Crippen molar-refractivity contribution in [1.29, 1.82) is 0 Å². The zero-order valence-electron chi connectivity index (χ0n) is 16.7. The first-order chi connectivity index (χ1) is 14.3. The average molecular weight is 417 g/mol. The maximum atomic E-state index is 12.9. The maximum Gasteiger partial charge on any atom is 0.416 e. The molecule has 2 N–H and O–H groups in total. The highest BCUT2D eigenvalue weighted by atomic mass is 19.4. The quantitative estimate of drug-likeness (QED) is 0.675. The van der Waals surface area contributed by atoms with E-state index >= 15 is 0 Å². The van der Waals surface area contributed by atoms with Gasteiger partial charge in [0.2, 0.25) is 0 Å². The minimum Gasteiger partial charge on any atom is -0.365 e. The number of anilines is 3. The molecule has 4 rings (SSSR count). The summed E-state index contributed by atoms with van der Waals surface area (Å²) in [5.41, 5.74) is 1.54. The Hall–Kier alpha value is -3.14. The third-order valence-corrected chi connectivity index (χ3v) is 5.04. The standard InChI is InChI=1S/C20H22F3N7/c1-13-11-17(28-27-13)25-19-16(30-9-7-29(2)8-10-30)12-24-18(26-19)14-3-5-15(6-4-14)20(21,22)23/h3-6,11-12H,7-10H2,1-2H3,(H2,24,25,26,27,28). The predicted octanol–water partition coefficient (Wildman–Crippen LogP) is 3.69. The van der Waals surface area contributed by atoms with Gasteiger partial charge in [0.05, 0.1) is 17.4 Å². The fourth-order valence-electron chi connectivity index (χ4n) is 3.30. The summed E-state index contributed by atoms with van der Waals surface area (Å²) in [4.78, 5) is 13.5. The lowest BCUT2D eigenvalue weighted by atomic mass is 10.1. The molecule has 0 saturated carbocycles. The number of rotatable bonds is 4. The number of H-pyrrole nitrogens is 1. The number of nitrogens with zero attached hydrogens (tertiary/aromatic N) is 5. The van der Waals surface area contributed by atoms with Crippen LogP contribution in [0, 0.1) is 6.92 Å². The summed E-state index contributed by atoms with van der Waals surface area (Å²) in [5, 5.41) is 10.3. The molecule has 1 fully saturated rings. The number of piperazine rings is 1. The zero-order chi connectivity index (χ0) is 21.3. The predicted molar refractivity (Wildman–Crippen MR) is 109 cm³/mol. The number of aromatic nitrogens is 4. The monoisotopic (exact) mass is 417 g/mol. The van der Waals surface area contributed by atoms with Gasteiger partial charge in [0.25, 0.3) is 0 Å². The van der Waals surface area contributed by atoms with E-state index in [1.165, 1.54) is 12.1 Å². The Labute approximate surface area is 171 Å². The number of alkyl halides is 3. The Morgan fingerprint density at radius 2 is 1.77 bits per heavy atom. The number of benzene rings is 1. The number of hydrogen-bond acceptors (Lipinski definition) is 6. The van der Waals surface area contributed by atoms with Crippen LogP contribution < -0.4 is 10.2 Å². The van der Waals surface area contributed by atoms with Crippen LogP contribution in [0.2, 0.25) is 0 Å². The van der Waals surface area contributed by atoms with Gasteiger partial charge in [0.15, 0.2) is 17.5 Å². The molecule has 10 heteroatoms. The van der Waals surface area contributed by atoms with E-state index in [0.29, 0.717) is 23.0 Å². The summed E-state index contributed by atoms with van der Waals surface area (Å²) in [5.74, 6) is 1.52. The van der Waals surface area contributed by atoms with Gasteiger partial charge < -0.3 is 15.1 Å². The van der Waals surface area contributed by atoms with Crippen molar-refractivity contribution in [3.63, 3.8) is 0 Å². The molecule has 1 aliphatic heterocycles. The van der Waals surface area contributed by atoms with E-state index in [4.69, 9.17) is 0 Å². The lowest BCUT2D eigenvalue weighted by Gasteiger charge is -2.34. The van der Waals surface area contributed by atoms with Crippen LogP contribution >= 0.6 is 0 Å². The molecule has 7 nitrogen and oxygen atoms in total. The normalized spacial score (nSPS) is 15.4. The Morgan fingerprint density at radius 3 is 2.37 bits per heavy atom. The average Bonchev–Trinajstić information content (AvgIpc) is 3.13. The molecule has 0 atom stereocenters. The van der Waals surface area contributed by atoms with Crippen LogP contribution in [0.15, 0.2) is 36.5 Å². The van der Waals surface area contributed by atoms with Crippen molar-refractivity contribution >= 4 is 17.3 Å². The molecule has 1 aliphatic rings. The minimum absolute atomic E-state index is 0.344. The van der Waals surface area contributed by atoms with E-state index in [2.05, 4.69) is 42.3 Å². The molecule has 0 spiro atoms. The summed E-state index contributed by atoms with van der Waals surface area (Å²) in [6.45, 7) is 5.39. The van der Waals surface area contributed by atoms with Crippen molar-refractivity contribution in [2.24, 2.45) is 0 Å². The number of aryl methyl sites for hydroxylation is 1. The molecule has 0 bridgehead atoms. The molecule has 1 saturated heterocycles. The second kappa shape index (κ2) is 7.94. The molecule has 1 aromatic carbocycles. The van der Waals surface area contributed by atoms with Gasteiger partial charge in [-0.1, -0.05) is 12.1 Å². The number of likely N-dealkylation sites (N-methyl/N-ethyl adjacent to an activating group) is 1. The van der Waals surface area contributed by atoms with Gasteiger partial charge in [-0.05, 0) is 26.1 Å². The Kier molecular flexibility index (Phi) is 5.33. The highest BCUT2D eigenvalue weighted by molar-refractivity contribution is 5.72. The fraction of sp³-hybridized carbons (Fsp3) is 0.350. The highest BCUT2D eigenvalue weighted by Crippen LogP contribution is 2.32. The summed E-state index contributed by atoms with van der Waals surface area (Å²) >= 11 is 0. The van der Waals surface area contributed by atoms with Crippen molar-refractivity contribution in [3.05, 3.63) is 47.8 Å². The number of aromatic amines is 1. The van der Waals surface area contributed by atoms with Crippen molar-refractivity contribution in [2.75, 3.05) is 43.4 Å². The highest BCUT2D eigenvalue weighted by Gasteiger charge is 2.30. The number of hydrogen-bond donors (Lipinski definition) is 2. The molecule has 3 heterocycles. The number of halogens is 3. The Morgan fingerprint density at radius 1 is 1.07 bits per heavy atom. The van der Waals surface area contributed by atoms with Gasteiger partial charge in [-0.2, -0.15) is 18.3 Å². The van der Waals surface area contributed by atoms with Crippen molar-refractivity contribution in [3.8, 4) is 11.4 Å². The molecule has 2 aromatic heterocycles. The van der Waals surface area contributed by atoms with Crippen LogP contribution in [0.3, 0.4) is 0 Å². The van der Waals surface area contributed by atoms with Crippen LogP contribution in [0.25, 0.3) is 11.4 Å². The Balaban J connectivity index is 1.68. The van der Waals surface area contributed by atoms with E-state index in [9.17, 15) is 13.2 Å². The lowest BCUT2D eigenvalue weighted by molar-refractivity contribution is -0.137. The summed E-state index contributed by atoms with van der Waals surface area (Å²) < 4.78 is 38.6. The third kappa shape index (κ3) is 4.38. The third-order valence-electron chi connectivity index (χ3n) is 5.04. The van der Waals surface area contributed by atoms with Gasteiger partial charge in [0.1, 0.15) is 0 Å². The first-order valence-corrected chi connectivity index (χ1v) is 9.57. The summed E-state index contributed by atoms with van der Waals surface area (Å²) in [6.07, 6.45) is -2.66. The van der Waals surface area contributed by atoms with E-state index in [-0.39, 0.29) is 0 Å². The molecule has 0 amide bonds. The minimum atomic E-state index is -4.38. The molecule has 3 aromatic rings. The summed E-state index contributed by atoms with van der Waals surface area (Å²) in [6, 6.07) is 6.70. The first-order valence-electron chi connectivity index (χ1n) is 9.57. The zero-order valence-corrected chi connectivity index (χ0v) is 16.7. The maximum absolute atomic E-state index is 12.9.